The number of hydrogen-bond acceptors (Lipinski definition) is 7. The number of rotatable bonds is 9. The quantitative estimate of drug-likeness (QED) is 0.302. The zero-order valence-corrected chi connectivity index (χ0v) is 18.3. The molecular formula is C23H22N2O6S. The minimum absolute atomic E-state index is 0.0310. The fourth-order valence-corrected chi connectivity index (χ4v) is 3.90. The van der Waals surface area contributed by atoms with E-state index < -0.39 is 16.0 Å². The fraction of sp³-hybridized carbons (Fsp3) is 0.130. The molecule has 0 fully saturated rings. The highest BCUT2D eigenvalue weighted by Gasteiger charge is 2.19. The Balaban J connectivity index is 1.83. The molecule has 1 N–H and O–H groups in total. The first-order chi connectivity index (χ1) is 15.4. The van der Waals surface area contributed by atoms with Crippen molar-refractivity contribution in [2.24, 2.45) is 5.16 Å². The van der Waals surface area contributed by atoms with E-state index in [0.717, 1.165) is 0 Å². The lowest BCUT2D eigenvalue weighted by atomic mass is 10.1. The largest absolute Gasteiger partial charge is 0.457 e. The van der Waals surface area contributed by atoms with Crippen molar-refractivity contribution in [3.63, 3.8) is 0 Å². The molecule has 0 aromatic heterocycles. The van der Waals surface area contributed by atoms with Crippen molar-refractivity contribution >= 4 is 21.7 Å². The third kappa shape index (κ3) is 6.08. The van der Waals surface area contributed by atoms with Gasteiger partial charge in [-0.1, -0.05) is 53.7 Å². The van der Waals surface area contributed by atoms with E-state index in [-0.39, 0.29) is 17.2 Å². The molecule has 0 aliphatic rings. The van der Waals surface area contributed by atoms with Crippen molar-refractivity contribution in [2.75, 3.05) is 14.2 Å². The van der Waals surface area contributed by atoms with E-state index in [2.05, 4.69) is 10.5 Å². The molecule has 9 heteroatoms. The van der Waals surface area contributed by atoms with Crippen molar-refractivity contribution in [3.05, 3.63) is 90.0 Å². The van der Waals surface area contributed by atoms with Gasteiger partial charge in [-0.3, -0.25) is 4.79 Å². The number of carbonyl (C=O) groups excluding carboxylic acids is 1. The molecule has 0 atom stereocenters. The number of hydrogen-bond donors (Lipinski definition) is 1. The van der Waals surface area contributed by atoms with Crippen molar-refractivity contribution in [2.45, 2.75) is 5.75 Å². The monoisotopic (exact) mass is 454 g/mol. The molecule has 1 amide bonds. The Bertz CT molecular complexity index is 1210. The van der Waals surface area contributed by atoms with Crippen molar-refractivity contribution in [1.29, 1.82) is 0 Å². The average molecular weight is 455 g/mol. The van der Waals surface area contributed by atoms with Crippen LogP contribution in [0.2, 0.25) is 0 Å². The maximum atomic E-state index is 12.4. The Labute approximate surface area is 186 Å². The highest BCUT2D eigenvalue weighted by molar-refractivity contribution is 7.86. The van der Waals surface area contributed by atoms with Gasteiger partial charge in [0.25, 0.3) is 5.91 Å². The summed E-state index contributed by atoms with van der Waals surface area (Å²) in [4.78, 5) is 17.0. The summed E-state index contributed by atoms with van der Waals surface area (Å²) in [7, 11) is -1.05. The van der Waals surface area contributed by atoms with Crippen LogP contribution in [0.4, 0.5) is 0 Å². The summed E-state index contributed by atoms with van der Waals surface area (Å²) < 4.78 is 36.0. The van der Waals surface area contributed by atoms with Gasteiger partial charge in [-0.25, -0.2) is 0 Å². The van der Waals surface area contributed by atoms with Gasteiger partial charge in [0.1, 0.15) is 30.1 Å². The molecule has 0 radical (unpaired) electrons. The summed E-state index contributed by atoms with van der Waals surface area (Å²) in [5.74, 6) is 0.0415. The second-order valence-corrected chi connectivity index (χ2v) is 8.12. The third-order valence-corrected chi connectivity index (χ3v) is 5.34. The first-order valence-corrected chi connectivity index (χ1v) is 11.2. The predicted octanol–water partition coefficient (Wildman–Crippen LogP) is 3.48. The number of para-hydroxylation sites is 1. The summed E-state index contributed by atoms with van der Waals surface area (Å²) in [5.41, 5.74) is 1.05. The van der Waals surface area contributed by atoms with E-state index in [1.165, 1.54) is 26.3 Å². The standard InChI is InChI=1S/C23H22N2O6S/c1-24-23(26)22(25-29-2)20-13-6-7-14-21(20)30-18-11-8-12-19(15-18)31-32(27,28)16-17-9-4-3-5-10-17/h3-15H,16H2,1-2H3,(H,24,26). The molecule has 3 aromatic rings. The molecule has 3 rings (SSSR count). The lowest BCUT2D eigenvalue weighted by Gasteiger charge is -2.13. The molecule has 0 heterocycles. The molecule has 8 nitrogen and oxygen atoms in total. The first kappa shape index (κ1) is 22.8. The van der Waals surface area contributed by atoms with Crippen LogP contribution in [0.1, 0.15) is 11.1 Å². The van der Waals surface area contributed by atoms with E-state index in [4.69, 9.17) is 13.8 Å². The molecule has 0 saturated heterocycles. The Morgan fingerprint density at radius 1 is 0.938 bits per heavy atom. The number of carbonyl (C=O) groups is 1. The second kappa shape index (κ2) is 10.5. The van der Waals surface area contributed by atoms with Crippen LogP contribution in [0.5, 0.6) is 17.2 Å². The number of nitrogens with one attached hydrogen (secondary N) is 1. The zero-order chi connectivity index (χ0) is 23.0. The van der Waals surface area contributed by atoms with Gasteiger partial charge < -0.3 is 19.1 Å². The molecule has 3 aromatic carbocycles. The normalized spacial score (nSPS) is 11.5. The Kier molecular flexibility index (Phi) is 7.45. The van der Waals surface area contributed by atoms with Gasteiger partial charge in [-0.2, -0.15) is 8.42 Å². The summed E-state index contributed by atoms with van der Waals surface area (Å²) in [6, 6.07) is 21.7. The number of likely N-dealkylation sites (N-methyl/N-ethyl adjacent to an activating group) is 1. The van der Waals surface area contributed by atoms with Gasteiger partial charge in [0.2, 0.25) is 0 Å². The SMILES string of the molecule is CNC(=O)C(=NOC)c1ccccc1Oc1cccc(OS(=O)(=O)Cc2ccccc2)c1. The molecule has 0 aliphatic heterocycles. The van der Waals surface area contributed by atoms with Crippen LogP contribution in [0.3, 0.4) is 0 Å². The number of benzene rings is 3. The Hall–Kier alpha value is -3.85. The maximum Gasteiger partial charge on any atom is 0.313 e. The Morgan fingerprint density at radius 2 is 1.62 bits per heavy atom. The van der Waals surface area contributed by atoms with Gasteiger partial charge in [0.15, 0.2) is 5.71 Å². The second-order valence-electron chi connectivity index (χ2n) is 6.55. The zero-order valence-electron chi connectivity index (χ0n) is 17.5. The highest BCUT2D eigenvalue weighted by atomic mass is 32.2. The molecular weight excluding hydrogens is 432 g/mol. The molecule has 0 unspecified atom stereocenters. The third-order valence-electron chi connectivity index (χ3n) is 4.21. The topological polar surface area (TPSA) is 103 Å². The van der Waals surface area contributed by atoms with Crippen LogP contribution in [0, 0.1) is 0 Å². The molecule has 32 heavy (non-hydrogen) atoms. The van der Waals surface area contributed by atoms with Gasteiger partial charge in [0.05, 0.1) is 5.56 Å². The summed E-state index contributed by atoms with van der Waals surface area (Å²) >= 11 is 0. The molecule has 166 valence electrons. The van der Waals surface area contributed by atoms with Crippen molar-refractivity contribution in [1.82, 2.24) is 5.32 Å². The van der Waals surface area contributed by atoms with Crippen LogP contribution >= 0.6 is 0 Å². The van der Waals surface area contributed by atoms with Crippen LogP contribution in [-0.4, -0.2) is 34.2 Å². The highest BCUT2D eigenvalue weighted by Crippen LogP contribution is 2.29. The smallest absolute Gasteiger partial charge is 0.313 e. The van der Waals surface area contributed by atoms with E-state index in [1.54, 1.807) is 60.7 Å². The van der Waals surface area contributed by atoms with Crippen molar-refractivity contribution in [3.8, 4) is 17.2 Å². The fourth-order valence-electron chi connectivity index (χ4n) is 2.84. The van der Waals surface area contributed by atoms with E-state index >= 15 is 0 Å². The van der Waals surface area contributed by atoms with Crippen LogP contribution in [0.25, 0.3) is 0 Å². The lowest BCUT2D eigenvalue weighted by molar-refractivity contribution is -0.114. The number of oxime groups is 1. The Morgan fingerprint density at radius 3 is 2.34 bits per heavy atom. The summed E-state index contributed by atoms with van der Waals surface area (Å²) in [5, 5.41) is 6.30. The van der Waals surface area contributed by atoms with E-state index in [1.807, 2.05) is 6.07 Å². The molecule has 0 saturated carbocycles. The molecule has 0 aliphatic carbocycles. The van der Waals surface area contributed by atoms with Crippen LogP contribution < -0.4 is 14.2 Å². The first-order valence-electron chi connectivity index (χ1n) is 9.58. The number of ether oxygens (including phenoxy) is 1. The van der Waals surface area contributed by atoms with Gasteiger partial charge >= 0.3 is 10.1 Å². The minimum Gasteiger partial charge on any atom is -0.457 e. The van der Waals surface area contributed by atoms with Gasteiger partial charge in [-0.15, -0.1) is 0 Å². The predicted molar refractivity (Wildman–Crippen MR) is 120 cm³/mol. The minimum atomic E-state index is -3.86. The molecule has 0 spiro atoms. The van der Waals surface area contributed by atoms with Gasteiger partial charge in [0, 0.05) is 13.1 Å². The van der Waals surface area contributed by atoms with E-state index in [9.17, 15) is 13.2 Å². The van der Waals surface area contributed by atoms with Crippen LogP contribution in [0.15, 0.2) is 84.0 Å². The molecule has 0 bridgehead atoms. The van der Waals surface area contributed by atoms with Gasteiger partial charge in [-0.05, 0) is 29.8 Å². The van der Waals surface area contributed by atoms with Crippen molar-refractivity contribution < 1.29 is 27.0 Å². The van der Waals surface area contributed by atoms with E-state index in [0.29, 0.717) is 22.6 Å². The lowest BCUT2D eigenvalue weighted by Crippen LogP contribution is -2.28. The summed E-state index contributed by atoms with van der Waals surface area (Å²) in [6.07, 6.45) is 0. The maximum absolute atomic E-state index is 12.4. The average Bonchev–Trinajstić information content (AvgIpc) is 2.78. The van der Waals surface area contributed by atoms with Crippen LogP contribution in [-0.2, 0) is 25.5 Å². The number of amides is 1. The number of nitrogens with zero attached hydrogens (tertiary/aromatic N) is 1. The summed E-state index contributed by atoms with van der Waals surface area (Å²) in [6.45, 7) is 0.